The molecule has 0 bridgehead atoms. The maximum Gasteiger partial charge on any atom is 0.161 e. The minimum Gasteiger partial charge on any atom is -0.504 e. The van der Waals surface area contributed by atoms with Gasteiger partial charge in [-0.05, 0) is 111 Å². The Morgan fingerprint density at radius 2 is 0.863 bits per heavy atom. The van der Waals surface area contributed by atoms with Gasteiger partial charge in [0.05, 0.1) is 34.5 Å². The zero-order chi connectivity index (χ0) is 37.4. The quantitative estimate of drug-likeness (QED) is 0.0838. The van der Waals surface area contributed by atoms with E-state index in [2.05, 4.69) is 62.4 Å². The molecule has 0 atom stereocenters. The molecule has 0 aliphatic carbocycles. The van der Waals surface area contributed by atoms with E-state index in [0.29, 0.717) is 30.5 Å². The molecule has 8 nitrogen and oxygen atoms in total. The van der Waals surface area contributed by atoms with Gasteiger partial charge in [-0.1, -0.05) is 94.8 Å². The Balaban J connectivity index is 0.000000258. The van der Waals surface area contributed by atoms with Gasteiger partial charge in [0.25, 0.3) is 0 Å². The van der Waals surface area contributed by atoms with Crippen molar-refractivity contribution in [1.82, 2.24) is 0 Å². The van der Waals surface area contributed by atoms with Crippen molar-refractivity contribution in [2.75, 3.05) is 21.3 Å². The third kappa shape index (κ3) is 17.5. The second-order valence-electron chi connectivity index (χ2n) is 10.2. The molecule has 13 heteroatoms. The van der Waals surface area contributed by atoms with Gasteiger partial charge in [-0.25, -0.2) is 0 Å². The number of ether oxygens (including phenoxy) is 5. The standard InChI is InChI=1S/C15H15BrO2.C15H16O3.C8H10O3.Br3P/c2*1-17-15-9-13(10-16)7-8-14(15)18-11-12-5-3-2-4-6-12;1-11-8-4-6(5-9)2-3-7(8)10;1-4(2)3/h2-9H,10-11H2,1H3;2-9,16H,10-11H2,1H3;2-4,9-10H,5H2,1H3;. The van der Waals surface area contributed by atoms with Gasteiger partial charge >= 0.3 is 0 Å². The number of hydrogen-bond acceptors (Lipinski definition) is 8. The third-order valence-corrected chi connectivity index (χ3v) is 7.34. The van der Waals surface area contributed by atoms with Crippen molar-refractivity contribution in [3.8, 4) is 34.5 Å². The zero-order valence-electron chi connectivity index (χ0n) is 28.3. The summed E-state index contributed by atoms with van der Waals surface area (Å²) in [4.78, 5) is 0. The molecule has 0 amide bonds. The lowest BCUT2D eigenvalue weighted by Crippen LogP contribution is -1.98. The Morgan fingerprint density at radius 1 is 0.490 bits per heavy atom. The first-order valence-electron chi connectivity index (χ1n) is 15.3. The molecular weight excluding hydrogens is 935 g/mol. The molecule has 5 rings (SSSR count). The number of aliphatic hydroxyl groups excluding tert-OH is 2. The van der Waals surface area contributed by atoms with Crippen molar-refractivity contribution in [1.29, 1.82) is 0 Å². The van der Waals surface area contributed by atoms with E-state index in [4.69, 9.17) is 39.0 Å². The number of aromatic hydroxyl groups is 1. The normalized spacial score (nSPS) is 9.92. The van der Waals surface area contributed by atoms with Crippen LogP contribution in [0.4, 0.5) is 0 Å². The first kappa shape index (κ1) is 44.3. The number of halogens is 4. The number of hydrogen-bond donors (Lipinski definition) is 3. The van der Waals surface area contributed by atoms with E-state index < -0.39 is 0 Å². The average molecular weight is 976 g/mol. The predicted molar refractivity (Wildman–Crippen MR) is 220 cm³/mol. The fraction of sp³-hybridized carbons (Fsp3) is 0.211. The molecule has 0 saturated carbocycles. The summed E-state index contributed by atoms with van der Waals surface area (Å²) in [6.45, 7) is 0.993. The highest BCUT2D eigenvalue weighted by atomic mass is 80.0. The predicted octanol–water partition coefficient (Wildman–Crippen LogP) is 11.2. The van der Waals surface area contributed by atoms with E-state index in [1.807, 2.05) is 91.0 Å². The average Bonchev–Trinajstić information content (AvgIpc) is 3.17. The highest BCUT2D eigenvalue weighted by Crippen LogP contribution is 2.59. The van der Waals surface area contributed by atoms with Gasteiger partial charge in [-0.15, -0.1) is 0 Å². The molecule has 0 unspecified atom stereocenters. The van der Waals surface area contributed by atoms with Gasteiger partial charge in [0, 0.05) is 5.33 Å². The van der Waals surface area contributed by atoms with Crippen LogP contribution in [0.2, 0.25) is 0 Å². The summed E-state index contributed by atoms with van der Waals surface area (Å²) in [5.74, 6) is 3.33. The smallest absolute Gasteiger partial charge is 0.161 e. The van der Waals surface area contributed by atoms with Crippen molar-refractivity contribution < 1.29 is 39.0 Å². The van der Waals surface area contributed by atoms with Crippen LogP contribution in [0, 0.1) is 0 Å². The van der Waals surface area contributed by atoms with Gasteiger partial charge in [0.2, 0.25) is 0 Å². The maximum absolute atomic E-state index is 9.12. The van der Waals surface area contributed by atoms with Crippen molar-refractivity contribution in [3.05, 3.63) is 143 Å². The molecule has 0 fully saturated rings. The van der Waals surface area contributed by atoms with E-state index in [9.17, 15) is 0 Å². The summed E-state index contributed by atoms with van der Waals surface area (Å²) in [5.41, 5.74) is 4.94. The van der Waals surface area contributed by atoms with Gasteiger partial charge in [0.15, 0.2) is 34.5 Å². The molecule has 5 aromatic rings. The van der Waals surface area contributed by atoms with Crippen molar-refractivity contribution in [2.45, 2.75) is 31.8 Å². The molecule has 0 spiro atoms. The second kappa shape index (κ2) is 26.0. The highest BCUT2D eigenvalue weighted by Gasteiger charge is 2.07. The molecule has 5 aromatic carbocycles. The SMILES string of the molecule is BrP(Br)Br.COc1cc(CBr)ccc1OCc1ccccc1.COc1cc(CO)ccc1O.COc1cc(CO)ccc1OCc1ccccc1. The summed E-state index contributed by atoms with van der Waals surface area (Å²) < 4.78 is 26.7. The highest BCUT2D eigenvalue weighted by molar-refractivity contribution is 9.93. The Bertz CT molecular complexity index is 1580. The van der Waals surface area contributed by atoms with Crippen LogP contribution in [0.25, 0.3) is 0 Å². The largest absolute Gasteiger partial charge is 0.504 e. The Hall–Kier alpha value is -2.83. The molecule has 0 aromatic heterocycles. The van der Waals surface area contributed by atoms with E-state index in [-0.39, 0.29) is 23.0 Å². The number of aliphatic hydroxyl groups is 2. The van der Waals surface area contributed by atoms with Crippen LogP contribution < -0.4 is 23.7 Å². The number of rotatable bonds is 12. The number of methoxy groups -OCH3 is 3. The summed E-state index contributed by atoms with van der Waals surface area (Å²) >= 11 is 12.9. The van der Waals surface area contributed by atoms with E-state index in [0.717, 1.165) is 39.1 Å². The monoisotopic (exact) mass is 972 g/mol. The molecule has 0 radical (unpaired) electrons. The second-order valence-corrected chi connectivity index (χ2v) is 26.1. The first-order chi connectivity index (χ1) is 24.7. The lowest BCUT2D eigenvalue weighted by atomic mass is 10.2. The number of phenolic OH excluding ortho intramolecular Hbond substituents is 1. The number of phenols is 1. The summed E-state index contributed by atoms with van der Waals surface area (Å²) in [6, 6.07) is 36.1. The lowest BCUT2D eigenvalue weighted by molar-refractivity contribution is 0.274. The molecule has 0 heterocycles. The van der Waals surface area contributed by atoms with Crippen LogP contribution in [0.15, 0.2) is 115 Å². The van der Waals surface area contributed by atoms with Gasteiger partial charge in [0.1, 0.15) is 17.2 Å². The topological polar surface area (TPSA) is 107 Å². The molecule has 0 aliphatic rings. The van der Waals surface area contributed by atoms with Crippen LogP contribution in [0.5, 0.6) is 34.5 Å². The Kier molecular flexibility index (Phi) is 22.6. The van der Waals surface area contributed by atoms with Crippen LogP contribution in [-0.4, -0.2) is 36.6 Å². The van der Waals surface area contributed by atoms with Crippen LogP contribution in [-0.2, 0) is 31.8 Å². The molecule has 3 N–H and O–H groups in total. The van der Waals surface area contributed by atoms with Crippen LogP contribution >= 0.6 is 66.4 Å². The summed E-state index contributed by atoms with van der Waals surface area (Å²) in [5, 5.41) is 27.7. The number of alkyl halides is 1. The minimum absolute atomic E-state index is 0.00464. The van der Waals surface area contributed by atoms with Crippen molar-refractivity contribution in [2.24, 2.45) is 0 Å². The summed E-state index contributed by atoms with van der Waals surface area (Å²) in [6.07, 6.45) is 0. The van der Waals surface area contributed by atoms with Crippen molar-refractivity contribution in [3.63, 3.8) is 0 Å². The maximum atomic E-state index is 9.12. The fourth-order valence-corrected chi connectivity index (χ4v) is 4.48. The van der Waals surface area contributed by atoms with Gasteiger partial charge < -0.3 is 39.0 Å². The lowest BCUT2D eigenvalue weighted by Gasteiger charge is -2.11. The molecule has 0 saturated heterocycles. The van der Waals surface area contributed by atoms with Crippen molar-refractivity contribution >= 4 is 66.4 Å². The number of benzene rings is 5. The van der Waals surface area contributed by atoms with Gasteiger partial charge in [-0.3, -0.25) is 0 Å². The molecule has 0 aliphatic heterocycles. The molecule has 274 valence electrons. The van der Waals surface area contributed by atoms with Crippen LogP contribution in [0.1, 0.15) is 27.8 Å². The molecule has 51 heavy (non-hydrogen) atoms. The third-order valence-electron chi connectivity index (χ3n) is 6.69. The Morgan fingerprint density at radius 3 is 1.25 bits per heavy atom. The van der Waals surface area contributed by atoms with Crippen LogP contribution in [0.3, 0.4) is 0 Å². The van der Waals surface area contributed by atoms with E-state index >= 15 is 0 Å². The minimum atomic E-state index is -0.183. The first-order valence-corrected chi connectivity index (χ1v) is 23.8. The fourth-order valence-electron chi connectivity index (χ4n) is 4.13. The molecular formula is C38H41Br4O8P. The van der Waals surface area contributed by atoms with E-state index in [1.165, 1.54) is 18.7 Å². The summed E-state index contributed by atoms with van der Waals surface area (Å²) in [7, 11) is 4.71. The van der Waals surface area contributed by atoms with E-state index in [1.54, 1.807) is 32.4 Å². The van der Waals surface area contributed by atoms with Gasteiger partial charge in [-0.2, -0.15) is 0 Å². The zero-order valence-corrected chi connectivity index (χ0v) is 35.6. The Labute approximate surface area is 333 Å².